The maximum atomic E-state index is 13.0. The minimum Gasteiger partial charge on any atom is -0.467 e. The van der Waals surface area contributed by atoms with Crippen molar-refractivity contribution in [1.29, 1.82) is 0 Å². The number of carbonyl (C=O) groups excluding carboxylic acids is 1. The second-order valence-corrected chi connectivity index (χ2v) is 9.36. The van der Waals surface area contributed by atoms with Crippen LogP contribution in [-0.4, -0.2) is 40.5 Å². The van der Waals surface area contributed by atoms with Crippen molar-refractivity contribution in [2.75, 3.05) is 13.6 Å². The molecular weight excluding hydrogens is 557 g/mol. The number of Topliss-reactive ketones (excluding diaryl/α,β-unsaturated/α-hetero) is 1. The third-order valence-corrected chi connectivity index (χ3v) is 6.34. The van der Waals surface area contributed by atoms with Gasteiger partial charge in [0.25, 0.3) is 0 Å². The van der Waals surface area contributed by atoms with E-state index in [9.17, 15) is 20.2 Å². The number of aliphatic hydroxyl groups is 2. The van der Waals surface area contributed by atoms with Gasteiger partial charge in [0.05, 0.1) is 5.56 Å². The van der Waals surface area contributed by atoms with Crippen LogP contribution in [0.25, 0.3) is 0 Å². The van der Waals surface area contributed by atoms with Crippen molar-refractivity contribution < 1.29 is 34.4 Å². The summed E-state index contributed by atoms with van der Waals surface area (Å²) in [6, 6.07) is 26.3. The molecule has 0 heterocycles. The molecule has 206 valence electrons. The fourth-order valence-electron chi connectivity index (χ4n) is 3.87. The summed E-state index contributed by atoms with van der Waals surface area (Å²) in [5, 5.41) is 35.0. The zero-order valence-electron chi connectivity index (χ0n) is 21.0. The first-order valence-electron chi connectivity index (χ1n) is 12.0. The number of ether oxygens (including phenoxy) is 3. The minimum absolute atomic E-state index is 0.0480. The van der Waals surface area contributed by atoms with Gasteiger partial charge in [0.2, 0.25) is 0 Å². The van der Waals surface area contributed by atoms with Crippen molar-refractivity contribution in [3.05, 3.63) is 129 Å². The SMILES string of the molecule is O=C(c1ccc(Cl)cc1OCOCOc1cc(Cl)ccc1C(=NO)C(O)c1ccccc1)C(O)c1ccccc1. The summed E-state index contributed by atoms with van der Waals surface area (Å²) in [6.45, 7) is -0.643. The maximum Gasteiger partial charge on any atom is 0.199 e. The number of rotatable bonds is 12. The third kappa shape index (κ3) is 7.18. The number of oxime groups is 1. The average molecular weight is 582 g/mol. The van der Waals surface area contributed by atoms with Gasteiger partial charge in [0.15, 0.2) is 19.4 Å². The van der Waals surface area contributed by atoms with Crippen molar-refractivity contribution in [2.45, 2.75) is 12.2 Å². The fourth-order valence-corrected chi connectivity index (χ4v) is 4.20. The molecule has 0 fully saturated rings. The van der Waals surface area contributed by atoms with Crippen LogP contribution in [0.15, 0.2) is 102 Å². The lowest BCUT2D eigenvalue weighted by Crippen LogP contribution is -2.17. The minimum atomic E-state index is -1.39. The molecule has 4 aromatic carbocycles. The summed E-state index contributed by atoms with van der Waals surface area (Å²) in [6.07, 6.45) is -2.62. The first-order chi connectivity index (χ1) is 19.4. The Hall–Kier alpha value is -3.92. The molecule has 0 amide bonds. The molecule has 3 N–H and O–H groups in total. The lowest BCUT2D eigenvalue weighted by atomic mass is 9.98. The Labute approximate surface area is 240 Å². The number of nitrogens with zero attached hydrogens (tertiary/aromatic N) is 1. The van der Waals surface area contributed by atoms with Gasteiger partial charge in [-0.15, -0.1) is 0 Å². The predicted molar refractivity (Wildman–Crippen MR) is 150 cm³/mol. The van der Waals surface area contributed by atoms with Gasteiger partial charge in [-0.05, 0) is 47.5 Å². The molecule has 4 aromatic rings. The number of carbonyl (C=O) groups is 1. The van der Waals surface area contributed by atoms with Crippen LogP contribution in [0.5, 0.6) is 11.5 Å². The highest BCUT2D eigenvalue weighted by atomic mass is 35.5. The van der Waals surface area contributed by atoms with E-state index in [0.29, 0.717) is 26.7 Å². The molecule has 0 spiro atoms. The Morgan fingerprint density at radius 1 is 0.700 bits per heavy atom. The van der Waals surface area contributed by atoms with Crippen LogP contribution in [-0.2, 0) is 4.74 Å². The van der Waals surface area contributed by atoms with E-state index in [1.54, 1.807) is 72.8 Å². The number of halogens is 2. The largest absolute Gasteiger partial charge is 0.467 e. The van der Waals surface area contributed by atoms with Gasteiger partial charge < -0.3 is 29.6 Å². The second-order valence-electron chi connectivity index (χ2n) is 8.49. The quantitative estimate of drug-likeness (QED) is 0.0454. The molecule has 2 unspecified atom stereocenters. The summed E-state index contributed by atoms with van der Waals surface area (Å²) in [5.74, 6) is -0.248. The van der Waals surface area contributed by atoms with Gasteiger partial charge in [-0.25, -0.2) is 0 Å². The molecule has 0 radical (unpaired) electrons. The number of benzene rings is 4. The summed E-state index contributed by atoms with van der Waals surface area (Å²) < 4.78 is 16.8. The van der Waals surface area contributed by atoms with Crippen molar-refractivity contribution in [2.24, 2.45) is 5.16 Å². The normalized spacial score (nSPS) is 12.9. The Morgan fingerprint density at radius 2 is 1.18 bits per heavy atom. The topological polar surface area (TPSA) is 118 Å². The fraction of sp³-hybridized carbons (Fsp3) is 0.133. The Morgan fingerprint density at radius 3 is 1.70 bits per heavy atom. The standard InChI is InChI=1S/C30H25Cl2NO7/c31-21-11-13-23(27(33-37)28(34)19-7-3-1-4-8-19)25(15-21)39-17-38-18-40-26-16-22(32)12-14-24(26)30(36)29(35)20-9-5-2-6-10-20/h1-16,28-29,34-35,37H,17-18H2. The van der Waals surface area contributed by atoms with Crippen molar-refractivity contribution in [3.63, 3.8) is 0 Å². The molecule has 8 nitrogen and oxygen atoms in total. The van der Waals surface area contributed by atoms with Crippen LogP contribution >= 0.6 is 23.2 Å². The van der Waals surface area contributed by atoms with E-state index in [1.807, 2.05) is 0 Å². The van der Waals surface area contributed by atoms with E-state index in [0.717, 1.165) is 0 Å². The van der Waals surface area contributed by atoms with E-state index in [1.165, 1.54) is 24.3 Å². The van der Waals surface area contributed by atoms with Gasteiger partial charge in [-0.2, -0.15) is 0 Å². The molecule has 10 heteroatoms. The number of hydrogen-bond donors (Lipinski definition) is 3. The van der Waals surface area contributed by atoms with Crippen LogP contribution in [0, 0.1) is 0 Å². The molecule has 0 aliphatic heterocycles. The van der Waals surface area contributed by atoms with Crippen LogP contribution in [0.1, 0.15) is 39.3 Å². The van der Waals surface area contributed by atoms with Crippen molar-refractivity contribution in [1.82, 2.24) is 0 Å². The van der Waals surface area contributed by atoms with Crippen LogP contribution in [0.4, 0.5) is 0 Å². The molecule has 0 aliphatic carbocycles. The molecule has 40 heavy (non-hydrogen) atoms. The maximum absolute atomic E-state index is 13.0. The summed E-state index contributed by atoms with van der Waals surface area (Å²) >= 11 is 12.2. The van der Waals surface area contributed by atoms with Crippen LogP contribution < -0.4 is 9.47 Å². The third-order valence-electron chi connectivity index (χ3n) is 5.87. The molecule has 2 atom stereocenters. The van der Waals surface area contributed by atoms with Crippen LogP contribution in [0.3, 0.4) is 0 Å². The first-order valence-corrected chi connectivity index (χ1v) is 12.8. The van der Waals surface area contributed by atoms with Crippen molar-refractivity contribution >= 4 is 34.7 Å². The smallest absolute Gasteiger partial charge is 0.199 e. The monoisotopic (exact) mass is 581 g/mol. The van der Waals surface area contributed by atoms with E-state index < -0.39 is 18.0 Å². The van der Waals surface area contributed by atoms with Gasteiger partial charge in [-0.3, -0.25) is 4.79 Å². The summed E-state index contributed by atoms with van der Waals surface area (Å²) in [4.78, 5) is 13.0. The highest BCUT2D eigenvalue weighted by Crippen LogP contribution is 2.30. The zero-order chi connectivity index (χ0) is 28.5. The molecule has 4 rings (SSSR count). The van der Waals surface area contributed by atoms with E-state index in [2.05, 4.69) is 5.16 Å². The molecule has 0 aliphatic rings. The molecule has 0 aromatic heterocycles. The Kier molecular flexibility index (Phi) is 10.1. The van der Waals surface area contributed by atoms with Gasteiger partial charge in [0.1, 0.15) is 29.4 Å². The number of aliphatic hydroxyl groups excluding tert-OH is 2. The Bertz CT molecular complexity index is 1470. The van der Waals surface area contributed by atoms with Crippen LogP contribution in [0.2, 0.25) is 10.0 Å². The molecule has 0 saturated heterocycles. The van der Waals surface area contributed by atoms with Crippen molar-refractivity contribution in [3.8, 4) is 11.5 Å². The van der Waals surface area contributed by atoms with Gasteiger partial charge >= 0.3 is 0 Å². The molecular formula is C30H25Cl2NO7. The van der Waals surface area contributed by atoms with E-state index >= 15 is 0 Å². The van der Waals surface area contributed by atoms with Gasteiger partial charge in [0, 0.05) is 15.6 Å². The van der Waals surface area contributed by atoms with Gasteiger partial charge in [-0.1, -0.05) is 89.0 Å². The zero-order valence-corrected chi connectivity index (χ0v) is 22.5. The summed E-state index contributed by atoms with van der Waals surface area (Å²) in [5.41, 5.74) is 1.34. The van der Waals surface area contributed by atoms with E-state index in [-0.39, 0.29) is 36.4 Å². The summed E-state index contributed by atoms with van der Waals surface area (Å²) in [7, 11) is 0. The highest BCUT2D eigenvalue weighted by Gasteiger charge is 2.24. The lowest BCUT2D eigenvalue weighted by molar-refractivity contribution is -0.0539. The number of hydrogen-bond acceptors (Lipinski definition) is 8. The molecule has 0 saturated carbocycles. The lowest BCUT2D eigenvalue weighted by Gasteiger charge is -2.17. The average Bonchev–Trinajstić information content (AvgIpc) is 2.98. The molecule has 0 bridgehead atoms. The first kappa shape index (κ1) is 29.1. The highest BCUT2D eigenvalue weighted by molar-refractivity contribution is 6.31. The second kappa shape index (κ2) is 13.9. The number of ketones is 1. The van der Waals surface area contributed by atoms with E-state index in [4.69, 9.17) is 37.4 Å². The Balaban J connectivity index is 1.41. The predicted octanol–water partition coefficient (Wildman–Crippen LogP) is 6.21.